The molecule has 0 unspecified atom stereocenters. The smallest absolute Gasteiger partial charge is 0.262 e. The van der Waals surface area contributed by atoms with Crippen molar-refractivity contribution in [3.05, 3.63) is 115 Å². The fourth-order valence-electron chi connectivity index (χ4n) is 3.51. The van der Waals surface area contributed by atoms with Crippen molar-refractivity contribution in [1.29, 1.82) is 0 Å². The summed E-state index contributed by atoms with van der Waals surface area (Å²) in [5.74, 6) is 0.534. The average Bonchev–Trinajstić information content (AvgIpc) is 2.90. The number of carbonyl (C=O) groups is 2. The molecule has 0 fully saturated rings. The van der Waals surface area contributed by atoms with Crippen LogP contribution in [0.15, 0.2) is 93.9 Å². The van der Waals surface area contributed by atoms with Crippen LogP contribution in [0, 0.1) is 0 Å². The third kappa shape index (κ3) is 9.00. The second kappa shape index (κ2) is 13.8. The van der Waals surface area contributed by atoms with E-state index in [9.17, 15) is 9.59 Å². The van der Waals surface area contributed by atoms with Gasteiger partial charge in [-0.05, 0) is 110 Å². The second-order valence-corrected chi connectivity index (χ2v) is 11.0. The molecule has 0 aromatic heterocycles. The summed E-state index contributed by atoms with van der Waals surface area (Å²) in [7, 11) is 0. The Kier molecular flexibility index (Phi) is 10.3. The molecule has 0 radical (unpaired) electrons. The van der Waals surface area contributed by atoms with E-state index < -0.39 is 0 Å². The van der Waals surface area contributed by atoms with Gasteiger partial charge in [-0.15, -0.1) is 0 Å². The van der Waals surface area contributed by atoms with Gasteiger partial charge >= 0.3 is 0 Å². The van der Waals surface area contributed by atoms with Gasteiger partial charge in [-0.1, -0.05) is 47.5 Å². The molecule has 0 spiro atoms. The molecule has 0 aliphatic rings. The molecule has 10 heteroatoms. The van der Waals surface area contributed by atoms with Crippen molar-refractivity contribution in [2.24, 2.45) is 0 Å². The van der Waals surface area contributed by atoms with Gasteiger partial charge in [0, 0.05) is 21.4 Å². The zero-order valence-corrected chi connectivity index (χ0v) is 25.0. The van der Waals surface area contributed by atoms with E-state index in [1.165, 1.54) is 0 Å². The highest BCUT2D eigenvalue weighted by Crippen LogP contribution is 2.29. The fourth-order valence-corrected chi connectivity index (χ4v) is 5.11. The molecule has 4 aromatic rings. The highest BCUT2D eigenvalue weighted by atomic mass is 79.9. The summed E-state index contributed by atoms with van der Waals surface area (Å²) in [5.41, 5.74) is 3.50. The summed E-state index contributed by atoms with van der Waals surface area (Å²) < 4.78 is 12.5. The minimum absolute atomic E-state index is 0.129. The Balaban J connectivity index is 1.22. The van der Waals surface area contributed by atoms with Crippen molar-refractivity contribution < 1.29 is 19.1 Å². The van der Waals surface area contributed by atoms with Crippen LogP contribution in [0.5, 0.6) is 11.5 Å². The standard InChI is InChI=1S/C29H22Br2Cl2N2O4/c30-24-14-20(32)5-11-26(24)38-16-28(36)34-22-7-1-18(2-8-22)13-19-3-9-23(10-4-19)35-29(37)17-39-27-12-6-21(33)15-25(27)31/h1-12,14-15H,13,16-17H2,(H,34,36)(H,35,37). The maximum Gasteiger partial charge on any atom is 0.262 e. The highest BCUT2D eigenvalue weighted by Gasteiger charge is 2.09. The number of nitrogens with one attached hydrogen (secondary N) is 2. The molecule has 6 nitrogen and oxygen atoms in total. The third-order valence-electron chi connectivity index (χ3n) is 5.39. The van der Waals surface area contributed by atoms with Crippen molar-refractivity contribution in [1.82, 2.24) is 0 Å². The van der Waals surface area contributed by atoms with Gasteiger partial charge in [0.1, 0.15) is 11.5 Å². The molecule has 0 saturated heterocycles. The molecule has 4 aromatic carbocycles. The summed E-state index contributed by atoms with van der Waals surface area (Å²) in [4.78, 5) is 24.5. The predicted octanol–water partition coefficient (Wildman–Crippen LogP) is 8.14. The Morgan fingerprint density at radius 2 is 1.00 bits per heavy atom. The monoisotopic (exact) mass is 690 g/mol. The van der Waals surface area contributed by atoms with E-state index >= 15 is 0 Å². The van der Waals surface area contributed by atoms with Crippen LogP contribution in [0.1, 0.15) is 11.1 Å². The lowest BCUT2D eigenvalue weighted by atomic mass is 10.0. The zero-order valence-electron chi connectivity index (χ0n) is 20.3. The van der Waals surface area contributed by atoms with Crippen LogP contribution >= 0.6 is 55.1 Å². The van der Waals surface area contributed by atoms with Crippen molar-refractivity contribution in [2.75, 3.05) is 23.8 Å². The summed E-state index contributed by atoms with van der Waals surface area (Å²) in [6.07, 6.45) is 0.698. The van der Waals surface area contributed by atoms with Crippen LogP contribution in [0.3, 0.4) is 0 Å². The molecule has 2 amide bonds. The zero-order chi connectivity index (χ0) is 27.8. The molecule has 0 bridgehead atoms. The van der Waals surface area contributed by atoms with Gasteiger partial charge in [0.25, 0.3) is 11.8 Å². The van der Waals surface area contributed by atoms with E-state index in [2.05, 4.69) is 42.5 Å². The minimum atomic E-state index is -0.270. The van der Waals surface area contributed by atoms with Gasteiger partial charge in [-0.3, -0.25) is 9.59 Å². The first-order chi connectivity index (χ1) is 18.7. The number of halogens is 4. The number of carbonyl (C=O) groups excluding carboxylic acids is 2. The number of rotatable bonds is 10. The van der Waals surface area contributed by atoms with E-state index in [1.807, 2.05) is 48.5 Å². The minimum Gasteiger partial charge on any atom is -0.483 e. The topological polar surface area (TPSA) is 76.7 Å². The lowest BCUT2D eigenvalue weighted by molar-refractivity contribution is -0.118. The molecule has 0 heterocycles. The molecule has 0 atom stereocenters. The quantitative estimate of drug-likeness (QED) is 0.176. The lowest BCUT2D eigenvalue weighted by Gasteiger charge is -2.10. The van der Waals surface area contributed by atoms with Crippen LogP contribution in [-0.4, -0.2) is 25.0 Å². The van der Waals surface area contributed by atoms with E-state index in [4.69, 9.17) is 32.7 Å². The fraction of sp³-hybridized carbons (Fsp3) is 0.103. The lowest BCUT2D eigenvalue weighted by Crippen LogP contribution is -2.20. The molecule has 0 saturated carbocycles. The number of hydrogen-bond donors (Lipinski definition) is 2. The van der Waals surface area contributed by atoms with Crippen molar-refractivity contribution in [2.45, 2.75) is 6.42 Å². The Labute approximate surface area is 252 Å². The summed E-state index contributed by atoms with van der Waals surface area (Å²) in [6.45, 7) is -0.259. The molecular formula is C29H22Br2Cl2N2O4. The Morgan fingerprint density at radius 1 is 0.615 bits per heavy atom. The molecule has 2 N–H and O–H groups in total. The van der Waals surface area contributed by atoms with E-state index in [0.29, 0.717) is 48.3 Å². The highest BCUT2D eigenvalue weighted by molar-refractivity contribution is 9.10. The maximum atomic E-state index is 12.3. The molecule has 0 aliphatic heterocycles. The van der Waals surface area contributed by atoms with Crippen molar-refractivity contribution in [3.63, 3.8) is 0 Å². The molecule has 39 heavy (non-hydrogen) atoms. The first kappa shape index (κ1) is 29.0. The van der Waals surface area contributed by atoms with E-state index in [-0.39, 0.29) is 25.0 Å². The number of hydrogen-bond acceptors (Lipinski definition) is 4. The van der Waals surface area contributed by atoms with E-state index in [0.717, 1.165) is 11.1 Å². The van der Waals surface area contributed by atoms with Crippen LogP contribution in [0.25, 0.3) is 0 Å². The summed E-state index contributed by atoms with van der Waals surface area (Å²) in [5, 5.41) is 6.79. The summed E-state index contributed by atoms with van der Waals surface area (Å²) >= 11 is 18.6. The SMILES string of the molecule is O=C(COc1ccc(Cl)cc1Br)Nc1ccc(Cc2ccc(NC(=O)COc3ccc(Cl)cc3Br)cc2)cc1. The predicted molar refractivity (Wildman–Crippen MR) is 162 cm³/mol. The van der Waals surface area contributed by atoms with Gasteiger partial charge in [-0.2, -0.15) is 0 Å². The molecule has 4 rings (SSSR count). The summed E-state index contributed by atoms with van der Waals surface area (Å²) in [6, 6.07) is 25.4. The van der Waals surface area contributed by atoms with Gasteiger partial charge in [0.15, 0.2) is 13.2 Å². The van der Waals surface area contributed by atoms with Gasteiger partial charge in [0.2, 0.25) is 0 Å². The maximum absolute atomic E-state index is 12.3. The average molecular weight is 693 g/mol. The normalized spacial score (nSPS) is 10.6. The van der Waals surface area contributed by atoms with Gasteiger partial charge < -0.3 is 20.1 Å². The van der Waals surface area contributed by atoms with E-state index in [1.54, 1.807) is 36.4 Å². The van der Waals surface area contributed by atoms with Gasteiger partial charge in [0.05, 0.1) is 8.95 Å². The Morgan fingerprint density at radius 3 is 1.36 bits per heavy atom. The number of ether oxygens (including phenoxy) is 2. The number of anilines is 2. The Hall–Kier alpha value is -3.04. The van der Waals surface area contributed by atoms with Crippen molar-refractivity contribution in [3.8, 4) is 11.5 Å². The molecule has 200 valence electrons. The number of amides is 2. The van der Waals surface area contributed by atoms with Crippen LogP contribution in [0.4, 0.5) is 11.4 Å². The van der Waals surface area contributed by atoms with Crippen LogP contribution < -0.4 is 20.1 Å². The van der Waals surface area contributed by atoms with Crippen molar-refractivity contribution >= 4 is 78.3 Å². The van der Waals surface area contributed by atoms with Gasteiger partial charge in [-0.25, -0.2) is 0 Å². The van der Waals surface area contributed by atoms with Crippen LogP contribution in [0.2, 0.25) is 10.0 Å². The third-order valence-corrected chi connectivity index (χ3v) is 7.10. The van der Waals surface area contributed by atoms with Crippen LogP contribution in [-0.2, 0) is 16.0 Å². The first-order valence-corrected chi connectivity index (χ1v) is 14.0. The number of benzene rings is 4. The largest absolute Gasteiger partial charge is 0.483 e. The Bertz CT molecular complexity index is 1350. The second-order valence-electron chi connectivity index (χ2n) is 8.39. The molecular weight excluding hydrogens is 671 g/mol. The first-order valence-electron chi connectivity index (χ1n) is 11.7. The molecule has 0 aliphatic carbocycles.